The van der Waals surface area contributed by atoms with E-state index in [1.807, 2.05) is 13.0 Å². The number of ether oxygens (including phenoxy) is 1. The third kappa shape index (κ3) is 2.68. The maximum atomic E-state index is 12.4. The van der Waals surface area contributed by atoms with Crippen molar-refractivity contribution in [2.75, 3.05) is 25.1 Å². The first-order valence-corrected chi connectivity index (χ1v) is 8.51. The van der Waals surface area contributed by atoms with Crippen molar-refractivity contribution in [3.8, 4) is 0 Å². The summed E-state index contributed by atoms with van der Waals surface area (Å²) < 4.78 is 32.9. The predicted octanol–water partition coefficient (Wildman–Crippen LogP) is 1.36. The third-order valence-corrected chi connectivity index (χ3v) is 5.67. The minimum atomic E-state index is -3.45. The van der Waals surface area contributed by atoms with Crippen molar-refractivity contribution in [2.45, 2.75) is 30.7 Å². The van der Waals surface area contributed by atoms with Crippen LogP contribution >= 0.6 is 0 Å². The molecule has 1 saturated heterocycles. The Morgan fingerprint density at radius 1 is 1.45 bits per heavy atom. The molecule has 0 radical (unpaired) electrons. The molecule has 2 aliphatic rings. The van der Waals surface area contributed by atoms with E-state index in [1.165, 1.54) is 0 Å². The molecule has 0 amide bonds. The van der Waals surface area contributed by atoms with Gasteiger partial charge < -0.3 is 10.1 Å². The Labute approximate surface area is 119 Å². The lowest BCUT2D eigenvalue weighted by molar-refractivity contribution is 0.180. The molecule has 2 N–H and O–H groups in total. The topological polar surface area (TPSA) is 67.4 Å². The SMILES string of the molecule is CC(NS(=O)(=O)c1ccc2c(c1)CCN2)C1CCOC1. The summed E-state index contributed by atoms with van der Waals surface area (Å²) in [6.07, 6.45) is 1.79. The summed E-state index contributed by atoms with van der Waals surface area (Å²) >= 11 is 0. The molecule has 2 aliphatic heterocycles. The van der Waals surface area contributed by atoms with Gasteiger partial charge in [0.1, 0.15) is 0 Å². The van der Waals surface area contributed by atoms with Gasteiger partial charge in [0.15, 0.2) is 0 Å². The Kier molecular flexibility index (Phi) is 3.70. The molecule has 110 valence electrons. The van der Waals surface area contributed by atoms with Gasteiger partial charge in [-0.05, 0) is 43.5 Å². The molecule has 2 heterocycles. The maximum Gasteiger partial charge on any atom is 0.240 e. The lowest BCUT2D eigenvalue weighted by Crippen LogP contribution is -2.38. The molecule has 0 spiro atoms. The molecule has 3 rings (SSSR count). The fraction of sp³-hybridized carbons (Fsp3) is 0.571. The molecule has 5 nitrogen and oxygen atoms in total. The van der Waals surface area contributed by atoms with E-state index in [0.717, 1.165) is 37.2 Å². The van der Waals surface area contributed by atoms with E-state index in [0.29, 0.717) is 11.5 Å². The quantitative estimate of drug-likeness (QED) is 0.880. The van der Waals surface area contributed by atoms with E-state index in [9.17, 15) is 8.42 Å². The molecule has 20 heavy (non-hydrogen) atoms. The molecule has 1 fully saturated rings. The zero-order valence-electron chi connectivity index (χ0n) is 11.6. The van der Waals surface area contributed by atoms with Gasteiger partial charge in [-0.25, -0.2) is 13.1 Å². The third-order valence-electron chi connectivity index (χ3n) is 4.11. The second kappa shape index (κ2) is 5.35. The van der Waals surface area contributed by atoms with Gasteiger partial charge in [0.2, 0.25) is 10.0 Å². The van der Waals surface area contributed by atoms with E-state index < -0.39 is 10.0 Å². The Bertz CT molecular complexity index is 594. The van der Waals surface area contributed by atoms with Crippen LogP contribution in [0.15, 0.2) is 23.1 Å². The summed E-state index contributed by atoms with van der Waals surface area (Å²) in [5, 5.41) is 3.23. The van der Waals surface area contributed by atoms with Gasteiger partial charge in [-0.3, -0.25) is 0 Å². The van der Waals surface area contributed by atoms with Gasteiger partial charge in [-0.1, -0.05) is 0 Å². The highest BCUT2D eigenvalue weighted by Crippen LogP contribution is 2.25. The minimum Gasteiger partial charge on any atom is -0.384 e. The molecule has 0 aromatic heterocycles. The standard InChI is InChI=1S/C14H20N2O3S/c1-10(12-5-7-19-9-12)16-20(17,18)13-2-3-14-11(8-13)4-6-15-14/h2-3,8,10,12,15-16H,4-7,9H2,1H3. The van der Waals surface area contributed by atoms with E-state index >= 15 is 0 Å². The van der Waals surface area contributed by atoms with Gasteiger partial charge in [0, 0.05) is 30.8 Å². The zero-order chi connectivity index (χ0) is 14.2. The Balaban J connectivity index is 1.77. The lowest BCUT2D eigenvalue weighted by atomic mass is 10.0. The molecule has 6 heteroatoms. The summed E-state index contributed by atoms with van der Waals surface area (Å²) in [6, 6.07) is 5.18. The van der Waals surface area contributed by atoms with Gasteiger partial charge >= 0.3 is 0 Å². The molecular weight excluding hydrogens is 276 g/mol. The van der Waals surface area contributed by atoms with Gasteiger partial charge in [0.25, 0.3) is 0 Å². The predicted molar refractivity (Wildman–Crippen MR) is 77.3 cm³/mol. The monoisotopic (exact) mass is 296 g/mol. The normalized spacial score (nSPS) is 23.4. The number of sulfonamides is 1. The van der Waals surface area contributed by atoms with Crippen LogP contribution in [0.4, 0.5) is 5.69 Å². The van der Waals surface area contributed by atoms with Crippen LogP contribution in [0.3, 0.4) is 0 Å². The highest BCUT2D eigenvalue weighted by Gasteiger charge is 2.27. The fourth-order valence-electron chi connectivity index (χ4n) is 2.80. The number of fused-ring (bicyclic) bond motifs is 1. The molecular formula is C14H20N2O3S. The maximum absolute atomic E-state index is 12.4. The highest BCUT2D eigenvalue weighted by molar-refractivity contribution is 7.89. The van der Waals surface area contributed by atoms with E-state index in [2.05, 4.69) is 10.0 Å². The van der Waals surface area contributed by atoms with Crippen molar-refractivity contribution in [3.05, 3.63) is 23.8 Å². The first kappa shape index (κ1) is 13.9. The number of nitrogens with one attached hydrogen (secondary N) is 2. The number of anilines is 1. The van der Waals surface area contributed by atoms with Gasteiger partial charge in [-0.2, -0.15) is 0 Å². The highest BCUT2D eigenvalue weighted by atomic mass is 32.2. The molecule has 1 aromatic carbocycles. The van der Waals surface area contributed by atoms with Crippen molar-refractivity contribution < 1.29 is 13.2 Å². The van der Waals surface area contributed by atoms with Crippen molar-refractivity contribution >= 4 is 15.7 Å². The van der Waals surface area contributed by atoms with E-state index in [-0.39, 0.29) is 12.0 Å². The molecule has 2 atom stereocenters. The summed E-state index contributed by atoms with van der Waals surface area (Å²) in [4.78, 5) is 0.353. The van der Waals surface area contributed by atoms with Crippen molar-refractivity contribution in [1.29, 1.82) is 0 Å². The largest absolute Gasteiger partial charge is 0.384 e. The Morgan fingerprint density at radius 2 is 2.30 bits per heavy atom. The molecule has 1 aromatic rings. The van der Waals surface area contributed by atoms with Crippen LogP contribution in [0.25, 0.3) is 0 Å². The molecule has 2 unspecified atom stereocenters. The smallest absolute Gasteiger partial charge is 0.240 e. The molecule has 0 bridgehead atoms. The fourth-order valence-corrected chi connectivity index (χ4v) is 4.17. The summed E-state index contributed by atoms with van der Waals surface area (Å²) in [5.41, 5.74) is 2.12. The van der Waals surface area contributed by atoms with Gasteiger partial charge in [-0.15, -0.1) is 0 Å². The second-order valence-corrected chi connectivity index (χ2v) is 7.24. The van der Waals surface area contributed by atoms with Crippen molar-refractivity contribution in [3.63, 3.8) is 0 Å². The van der Waals surface area contributed by atoms with Crippen molar-refractivity contribution in [1.82, 2.24) is 4.72 Å². The van der Waals surface area contributed by atoms with Crippen LogP contribution in [0.1, 0.15) is 18.9 Å². The van der Waals surface area contributed by atoms with Crippen LogP contribution in [0.5, 0.6) is 0 Å². The molecule has 0 aliphatic carbocycles. The summed E-state index contributed by atoms with van der Waals surface area (Å²) in [6.45, 7) is 4.15. The molecule has 0 saturated carbocycles. The van der Waals surface area contributed by atoms with Crippen molar-refractivity contribution in [2.24, 2.45) is 5.92 Å². The summed E-state index contributed by atoms with van der Waals surface area (Å²) in [5.74, 6) is 0.265. The first-order chi connectivity index (χ1) is 9.56. The number of hydrogen-bond acceptors (Lipinski definition) is 4. The average Bonchev–Trinajstić information content (AvgIpc) is 3.08. The number of benzene rings is 1. The van der Waals surface area contributed by atoms with E-state index in [1.54, 1.807) is 12.1 Å². The van der Waals surface area contributed by atoms with Crippen LogP contribution in [0, 0.1) is 5.92 Å². The van der Waals surface area contributed by atoms with E-state index in [4.69, 9.17) is 4.74 Å². The average molecular weight is 296 g/mol. The number of hydrogen-bond donors (Lipinski definition) is 2. The minimum absolute atomic E-state index is 0.103. The van der Waals surface area contributed by atoms with Crippen LogP contribution < -0.4 is 10.0 Å². The van der Waals surface area contributed by atoms with Crippen LogP contribution in [-0.4, -0.2) is 34.2 Å². The second-order valence-electron chi connectivity index (χ2n) is 5.53. The summed E-state index contributed by atoms with van der Waals surface area (Å²) in [7, 11) is -3.45. The Morgan fingerprint density at radius 3 is 3.05 bits per heavy atom. The Hall–Kier alpha value is -1.11. The van der Waals surface area contributed by atoms with Crippen LogP contribution in [0.2, 0.25) is 0 Å². The van der Waals surface area contributed by atoms with Gasteiger partial charge in [0.05, 0.1) is 11.5 Å². The number of rotatable bonds is 4. The van der Waals surface area contributed by atoms with Crippen LogP contribution in [-0.2, 0) is 21.2 Å². The zero-order valence-corrected chi connectivity index (χ0v) is 12.4. The first-order valence-electron chi connectivity index (χ1n) is 7.03. The lowest BCUT2D eigenvalue weighted by Gasteiger charge is -2.19.